The smallest absolute Gasteiger partial charge is 0.384 e. The zero-order chi connectivity index (χ0) is 19.6. The van der Waals surface area contributed by atoms with Crippen molar-refractivity contribution >= 4 is 25.5 Å². The Kier molecular flexibility index (Phi) is 5.64. The number of rotatable bonds is 6. The summed E-state index contributed by atoms with van der Waals surface area (Å²) in [5.41, 5.74) is -4.86. The van der Waals surface area contributed by atoms with E-state index in [1.807, 2.05) is 0 Å². The molecule has 0 atom stereocenters. The quantitative estimate of drug-likeness (QED) is 0.763. The van der Waals surface area contributed by atoms with E-state index in [1.54, 1.807) is 0 Å². The molecule has 0 unspecified atom stereocenters. The molecule has 0 spiro atoms. The highest BCUT2D eigenvalue weighted by molar-refractivity contribution is 7.92. The van der Waals surface area contributed by atoms with E-state index < -0.39 is 30.3 Å². The zero-order valence-electron chi connectivity index (χ0n) is 13.2. The predicted molar refractivity (Wildman–Crippen MR) is 89.7 cm³/mol. The molecule has 0 fully saturated rings. The average molecular weight is 408 g/mol. The van der Waals surface area contributed by atoms with Crippen LogP contribution in [-0.4, -0.2) is 28.9 Å². The Labute approximate surface area is 148 Å². The fourth-order valence-corrected chi connectivity index (χ4v) is 3.61. The lowest BCUT2D eigenvalue weighted by atomic mass is 10.1. The van der Waals surface area contributed by atoms with Gasteiger partial charge in [0.05, 0.1) is 15.5 Å². The van der Waals surface area contributed by atoms with E-state index >= 15 is 0 Å². The van der Waals surface area contributed by atoms with Gasteiger partial charge in [-0.1, -0.05) is 24.3 Å². The summed E-state index contributed by atoms with van der Waals surface area (Å²) >= 11 is 0. The number of sulfonamides is 1. The first kappa shape index (κ1) is 20.2. The number of sulfone groups is 1. The van der Waals surface area contributed by atoms with Crippen molar-refractivity contribution in [3.05, 3.63) is 54.1 Å². The molecule has 0 saturated carbocycles. The van der Waals surface area contributed by atoms with Crippen LogP contribution < -0.4 is 10.5 Å². The van der Waals surface area contributed by atoms with Crippen LogP contribution in [0.5, 0.6) is 0 Å². The van der Waals surface area contributed by atoms with Crippen molar-refractivity contribution < 1.29 is 30.0 Å². The average Bonchev–Trinajstić information content (AvgIpc) is 2.54. The molecule has 142 valence electrons. The number of hydrogen-bond acceptors (Lipinski definition) is 5. The highest BCUT2D eigenvalue weighted by Gasteiger charge is 2.47. The van der Waals surface area contributed by atoms with Crippen molar-refractivity contribution in [2.75, 3.05) is 11.9 Å². The molecule has 2 rings (SSSR count). The van der Waals surface area contributed by atoms with E-state index in [1.165, 1.54) is 42.5 Å². The van der Waals surface area contributed by atoms with E-state index in [4.69, 9.17) is 5.14 Å². The Morgan fingerprint density at radius 3 is 2.04 bits per heavy atom. The number of nitrogens with one attached hydrogen (secondary N) is 1. The van der Waals surface area contributed by atoms with Gasteiger partial charge < -0.3 is 5.32 Å². The van der Waals surface area contributed by atoms with Crippen LogP contribution in [0.1, 0.15) is 5.56 Å². The molecule has 0 aliphatic carbocycles. The number of nitrogens with two attached hydrogens (primary N) is 1. The largest absolute Gasteiger partial charge is 0.501 e. The SMILES string of the molecule is NS(=O)(=O)c1ccc(CCNc2ccccc2S(=O)(=O)C(F)(F)F)cc1. The van der Waals surface area contributed by atoms with Gasteiger partial charge >= 0.3 is 5.51 Å². The van der Waals surface area contributed by atoms with Crippen molar-refractivity contribution in [1.29, 1.82) is 0 Å². The van der Waals surface area contributed by atoms with Gasteiger partial charge in [-0.05, 0) is 36.2 Å². The summed E-state index contributed by atoms with van der Waals surface area (Å²) in [5.74, 6) is 0. The number of alkyl halides is 3. The summed E-state index contributed by atoms with van der Waals surface area (Å²) in [4.78, 5) is -0.909. The highest BCUT2D eigenvalue weighted by atomic mass is 32.2. The Bertz CT molecular complexity index is 986. The predicted octanol–water partition coefficient (Wildman–Crippen LogP) is 2.28. The summed E-state index contributed by atoms with van der Waals surface area (Å²) in [6, 6.07) is 10.4. The summed E-state index contributed by atoms with van der Waals surface area (Å²) in [6.45, 7) is 0.138. The first-order valence-corrected chi connectivity index (χ1v) is 10.2. The molecular weight excluding hydrogens is 393 g/mol. The molecule has 0 amide bonds. The fourth-order valence-electron chi connectivity index (χ4n) is 2.16. The zero-order valence-corrected chi connectivity index (χ0v) is 14.8. The van der Waals surface area contributed by atoms with Gasteiger partial charge in [0.2, 0.25) is 10.0 Å². The Morgan fingerprint density at radius 1 is 0.923 bits per heavy atom. The van der Waals surface area contributed by atoms with Gasteiger partial charge in [0.15, 0.2) is 0 Å². The second-order valence-electron chi connectivity index (χ2n) is 5.31. The maximum atomic E-state index is 12.7. The monoisotopic (exact) mass is 408 g/mol. The van der Waals surface area contributed by atoms with Gasteiger partial charge in [-0.3, -0.25) is 0 Å². The lowest BCUT2D eigenvalue weighted by Gasteiger charge is -2.14. The van der Waals surface area contributed by atoms with E-state index in [-0.39, 0.29) is 17.1 Å². The van der Waals surface area contributed by atoms with Crippen LogP contribution in [0.4, 0.5) is 18.9 Å². The van der Waals surface area contributed by atoms with E-state index in [0.717, 1.165) is 6.07 Å². The minimum Gasteiger partial charge on any atom is -0.384 e. The minimum atomic E-state index is -5.47. The van der Waals surface area contributed by atoms with Crippen LogP contribution >= 0.6 is 0 Å². The summed E-state index contributed by atoms with van der Waals surface area (Å²) in [7, 11) is -9.28. The van der Waals surface area contributed by atoms with Crippen molar-refractivity contribution in [2.24, 2.45) is 5.14 Å². The number of para-hydroxylation sites is 1. The molecular formula is C15H15F3N2O4S2. The summed E-state index contributed by atoms with van der Waals surface area (Å²) < 4.78 is 83.8. The summed E-state index contributed by atoms with van der Waals surface area (Å²) in [6.07, 6.45) is 0.325. The van der Waals surface area contributed by atoms with Crippen molar-refractivity contribution in [2.45, 2.75) is 21.7 Å². The maximum absolute atomic E-state index is 12.7. The van der Waals surface area contributed by atoms with Crippen LogP contribution in [0, 0.1) is 0 Å². The van der Waals surface area contributed by atoms with Crippen LogP contribution in [-0.2, 0) is 26.3 Å². The van der Waals surface area contributed by atoms with Crippen LogP contribution in [0.15, 0.2) is 58.3 Å². The second-order valence-corrected chi connectivity index (χ2v) is 8.78. The van der Waals surface area contributed by atoms with E-state index in [0.29, 0.717) is 12.0 Å². The van der Waals surface area contributed by atoms with E-state index in [9.17, 15) is 30.0 Å². The number of primary sulfonamides is 1. The first-order chi connectivity index (χ1) is 11.9. The molecule has 26 heavy (non-hydrogen) atoms. The number of anilines is 1. The third-order valence-corrected chi connectivity index (χ3v) is 5.94. The summed E-state index contributed by atoms with van der Waals surface area (Å²) in [5, 5.41) is 7.65. The van der Waals surface area contributed by atoms with Gasteiger partial charge in [-0.15, -0.1) is 0 Å². The van der Waals surface area contributed by atoms with Crippen molar-refractivity contribution in [1.82, 2.24) is 0 Å². The van der Waals surface area contributed by atoms with Gasteiger partial charge in [-0.25, -0.2) is 22.0 Å². The van der Waals surface area contributed by atoms with Crippen LogP contribution in [0.25, 0.3) is 0 Å². The van der Waals surface area contributed by atoms with Crippen molar-refractivity contribution in [3.63, 3.8) is 0 Å². The maximum Gasteiger partial charge on any atom is 0.501 e. The molecule has 0 aliphatic rings. The van der Waals surface area contributed by atoms with Crippen LogP contribution in [0.3, 0.4) is 0 Å². The highest BCUT2D eigenvalue weighted by Crippen LogP contribution is 2.34. The van der Waals surface area contributed by atoms with E-state index in [2.05, 4.69) is 5.32 Å². The molecule has 0 bridgehead atoms. The lowest BCUT2D eigenvalue weighted by molar-refractivity contribution is -0.0435. The molecule has 0 saturated heterocycles. The Balaban J connectivity index is 2.12. The second kappa shape index (κ2) is 7.25. The Morgan fingerprint density at radius 2 is 1.50 bits per heavy atom. The standard InChI is InChI=1S/C15H15F3N2O4S2/c16-15(17,18)25(21,22)14-4-2-1-3-13(14)20-10-9-11-5-7-12(8-6-11)26(19,23)24/h1-8,20H,9-10H2,(H2,19,23,24). The topological polar surface area (TPSA) is 106 Å². The van der Waals surface area contributed by atoms with Gasteiger partial charge in [-0.2, -0.15) is 13.2 Å². The van der Waals surface area contributed by atoms with Gasteiger partial charge in [0.25, 0.3) is 9.84 Å². The number of halogens is 3. The molecule has 6 nitrogen and oxygen atoms in total. The molecule has 0 aromatic heterocycles. The lowest BCUT2D eigenvalue weighted by Crippen LogP contribution is -2.24. The molecule has 0 aliphatic heterocycles. The molecule has 3 N–H and O–H groups in total. The first-order valence-electron chi connectivity index (χ1n) is 7.19. The molecule has 2 aromatic rings. The third-order valence-electron chi connectivity index (χ3n) is 3.46. The molecule has 0 radical (unpaired) electrons. The molecule has 2 aromatic carbocycles. The fraction of sp³-hybridized carbons (Fsp3) is 0.200. The molecule has 11 heteroatoms. The van der Waals surface area contributed by atoms with Gasteiger partial charge in [0, 0.05) is 6.54 Å². The molecule has 0 heterocycles. The van der Waals surface area contributed by atoms with Crippen molar-refractivity contribution in [3.8, 4) is 0 Å². The third kappa shape index (κ3) is 4.54. The number of hydrogen-bond donors (Lipinski definition) is 2. The normalized spacial score (nSPS) is 12.8. The number of benzene rings is 2. The van der Waals surface area contributed by atoms with Crippen LogP contribution in [0.2, 0.25) is 0 Å². The van der Waals surface area contributed by atoms with Gasteiger partial charge in [0.1, 0.15) is 0 Å². The minimum absolute atomic E-state index is 0.0594. The Hall–Kier alpha value is -2.11.